The molecule has 114 valence electrons. The molecule has 0 aromatic heterocycles. The third kappa shape index (κ3) is 6.31. The highest BCUT2D eigenvalue weighted by Crippen LogP contribution is 2.11. The van der Waals surface area contributed by atoms with Gasteiger partial charge in [-0.1, -0.05) is 30.3 Å². The van der Waals surface area contributed by atoms with Crippen LogP contribution < -0.4 is 0 Å². The second-order valence-corrected chi connectivity index (χ2v) is 5.06. The Labute approximate surface area is 123 Å². The fourth-order valence-electron chi connectivity index (χ4n) is 1.91. The van der Waals surface area contributed by atoms with E-state index in [1.165, 1.54) is 6.92 Å². The number of carbonyl (C=O) groups excluding carboxylic acids is 2. The van der Waals surface area contributed by atoms with Crippen molar-refractivity contribution >= 4 is 17.5 Å². The summed E-state index contributed by atoms with van der Waals surface area (Å²) in [6.07, 6.45) is -0.493. The summed E-state index contributed by atoms with van der Waals surface area (Å²) in [5.41, 5.74) is 1.00. The number of Topliss-reactive ketones (excluding diaryl/α,β-unsaturated/α-hetero) is 2. The van der Waals surface area contributed by atoms with E-state index in [-0.39, 0.29) is 24.7 Å². The van der Waals surface area contributed by atoms with E-state index < -0.39 is 17.7 Å². The topological polar surface area (TPSA) is 80.7 Å². The molecule has 1 aromatic carbocycles. The second-order valence-electron chi connectivity index (χ2n) is 5.06. The molecule has 0 saturated carbocycles. The van der Waals surface area contributed by atoms with Crippen LogP contribution in [0.1, 0.15) is 32.3 Å². The number of carbonyl (C=O) groups is 3. The third-order valence-electron chi connectivity index (χ3n) is 3.11. The highest BCUT2D eigenvalue weighted by molar-refractivity contribution is 6.00. The largest absolute Gasteiger partial charge is 0.481 e. The molecule has 0 spiro atoms. The van der Waals surface area contributed by atoms with E-state index in [4.69, 9.17) is 9.84 Å². The Morgan fingerprint density at radius 2 is 1.76 bits per heavy atom. The lowest BCUT2D eigenvalue weighted by Crippen LogP contribution is -2.26. The van der Waals surface area contributed by atoms with Crippen molar-refractivity contribution in [3.8, 4) is 0 Å². The molecule has 0 aliphatic carbocycles. The first-order valence-corrected chi connectivity index (χ1v) is 6.80. The molecule has 0 saturated heterocycles. The summed E-state index contributed by atoms with van der Waals surface area (Å²) < 4.78 is 5.55. The molecule has 21 heavy (non-hydrogen) atoms. The van der Waals surface area contributed by atoms with Crippen LogP contribution in [-0.2, 0) is 25.7 Å². The van der Waals surface area contributed by atoms with Crippen LogP contribution in [0.2, 0.25) is 0 Å². The molecular weight excluding hydrogens is 272 g/mol. The molecular formula is C16H20O5. The smallest absolute Gasteiger partial charge is 0.314 e. The van der Waals surface area contributed by atoms with Crippen LogP contribution in [0, 0.1) is 5.92 Å². The zero-order valence-electron chi connectivity index (χ0n) is 12.2. The van der Waals surface area contributed by atoms with Crippen molar-refractivity contribution in [3.63, 3.8) is 0 Å². The maximum Gasteiger partial charge on any atom is 0.314 e. The third-order valence-corrected chi connectivity index (χ3v) is 3.11. The van der Waals surface area contributed by atoms with Gasteiger partial charge in [0.2, 0.25) is 0 Å². The Morgan fingerprint density at radius 3 is 2.29 bits per heavy atom. The van der Waals surface area contributed by atoms with Gasteiger partial charge >= 0.3 is 5.97 Å². The van der Waals surface area contributed by atoms with Gasteiger partial charge in [0.15, 0.2) is 0 Å². The Morgan fingerprint density at radius 1 is 1.14 bits per heavy atom. The van der Waals surface area contributed by atoms with Gasteiger partial charge in [0, 0.05) is 12.8 Å². The molecule has 0 aliphatic rings. The molecule has 1 rings (SSSR count). The van der Waals surface area contributed by atoms with Crippen molar-refractivity contribution in [2.75, 3.05) is 0 Å². The maximum atomic E-state index is 11.8. The van der Waals surface area contributed by atoms with Gasteiger partial charge in [-0.3, -0.25) is 14.4 Å². The minimum absolute atomic E-state index is 0.101. The van der Waals surface area contributed by atoms with Gasteiger partial charge in [-0.15, -0.1) is 0 Å². The number of ether oxygens (including phenoxy) is 1. The van der Waals surface area contributed by atoms with E-state index >= 15 is 0 Å². The number of carboxylic acids is 1. The fraction of sp³-hybridized carbons (Fsp3) is 0.438. The zero-order valence-corrected chi connectivity index (χ0v) is 12.2. The van der Waals surface area contributed by atoms with Gasteiger partial charge in [-0.25, -0.2) is 0 Å². The number of carboxylic acid groups (broad SMARTS) is 1. The van der Waals surface area contributed by atoms with Crippen molar-refractivity contribution in [1.29, 1.82) is 0 Å². The van der Waals surface area contributed by atoms with Crippen molar-refractivity contribution in [1.82, 2.24) is 0 Å². The number of aliphatic carboxylic acids is 1. The second kappa shape index (κ2) is 8.32. The predicted molar refractivity (Wildman–Crippen MR) is 76.7 cm³/mol. The lowest BCUT2D eigenvalue weighted by Gasteiger charge is -2.14. The normalized spacial score (nSPS) is 13.4. The Kier molecular flexibility index (Phi) is 6.75. The molecule has 0 fully saturated rings. The lowest BCUT2D eigenvalue weighted by molar-refractivity contribution is -0.148. The Balaban J connectivity index is 2.40. The maximum absolute atomic E-state index is 11.8. The summed E-state index contributed by atoms with van der Waals surface area (Å²) in [4.78, 5) is 33.8. The Bertz CT molecular complexity index is 481. The van der Waals surface area contributed by atoms with E-state index in [9.17, 15) is 14.4 Å². The van der Waals surface area contributed by atoms with Crippen molar-refractivity contribution in [3.05, 3.63) is 35.9 Å². The molecule has 0 heterocycles. The van der Waals surface area contributed by atoms with Crippen molar-refractivity contribution < 1.29 is 24.2 Å². The van der Waals surface area contributed by atoms with Crippen LogP contribution >= 0.6 is 0 Å². The average Bonchev–Trinajstić information content (AvgIpc) is 2.43. The molecule has 0 aliphatic heterocycles. The van der Waals surface area contributed by atoms with Crippen molar-refractivity contribution in [2.45, 2.75) is 39.4 Å². The Hall–Kier alpha value is -2.01. The monoisotopic (exact) mass is 292 g/mol. The van der Waals surface area contributed by atoms with Crippen LogP contribution in [0.15, 0.2) is 30.3 Å². The van der Waals surface area contributed by atoms with Gasteiger partial charge in [-0.2, -0.15) is 0 Å². The van der Waals surface area contributed by atoms with E-state index in [0.29, 0.717) is 6.61 Å². The summed E-state index contributed by atoms with van der Waals surface area (Å²) in [7, 11) is 0. The number of hydrogen-bond acceptors (Lipinski definition) is 4. The summed E-state index contributed by atoms with van der Waals surface area (Å²) in [5, 5.41) is 8.87. The minimum atomic E-state index is -1.26. The highest BCUT2D eigenvalue weighted by Gasteiger charge is 2.26. The van der Waals surface area contributed by atoms with Crippen molar-refractivity contribution in [2.24, 2.45) is 5.92 Å². The summed E-state index contributed by atoms with van der Waals surface area (Å²) >= 11 is 0. The first-order valence-electron chi connectivity index (χ1n) is 6.80. The molecule has 1 N–H and O–H groups in total. The van der Waals surface area contributed by atoms with Crippen LogP contribution in [0.4, 0.5) is 0 Å². The van der Waals surface area contributed by atoms with E-state index in [0.717, 1.165) is 5.56 Å². The average molecular weight is 292 g/mol. The molecule has 5 heteroatoms. The molecule has 1 unspecified atom stereocenters. The van der Waals surface area contributed by atoms with Gasteiger partial charge in [0.25, 0.3) is 0 Å². The molecule has 5 nitrogen and oxygen atoms in total. The molecule has 0 amide bonds. The van der Waals surface area contributed by atoms with Crippen LogP contribution in [-0.4, -0.2) is 28.7 Å². The summed E-state index contributed by atoms with van der Waals surface area (Å²) in [6.45, 7) is 3.33. The predicted octanol–water partition coefficient (Wildman–Crippen LogP) is 2.23. The van der Waals surface area contributed by atoms with Gasteiger partial charge in [0.1, 0.15) is 17.5 Å². The molecule has 1 aromatic rings. The number of benzene rings is 1. The first-order chi connectivity index (χ1) is 9.90. The number of rotatable bonds is 9. The van der Waals surface area contributed by atoms with Crippen LogP contribution in [0.5, 0.6) is 0 Å². The van der Waals surface area contributed by atoms with E-state index in [1.807, 2.05) is 30.3 Å². The quantitative estimate of drug-likeness (QED) is 0.706. The standard InChI is InChI=1S/C16H20O5/c1-11(21-10-13-6-4-3-5-7-13)8-14(18)9-15(12(2)17)16(19)20/h3-7,11,15H,8-10H2,1-2H3,(H,19,20)/t11-,15?/m0/s1. The van der Waals surface area contributed by atoms with Crippen LogP contribution in [0.3, 0.4) is 0 Å². The van der Waals surface area contributed by atoms with Gasteiger partial charge < -0.3 is 9.84 Å². The lowest BCUT2D eigenvalue weighted by atomic mass is 9.96. The minimum Gasteiger partial charge on any atom is -0.481 e. The zero-order chi connectivity index (χ0) is 15.8. The summed E-state index contributed by atoms with van der Waals surface area (Å²) in [5.74, 6) is -3.29. The molecule has 2 atom stereocenters. The first kappa shape index (κ1) is 17.0. The SMILES string of the molecule is CC(=O)C(CC(=O)C[C@H](C)OCc1ccccc1)C(=O)O. The molecule has 0 radical (unpaired) electrons. The fourth-order valence-corrected chi connectivity index (χ4v) is 1.91. The molecule has 0 bridgehead atoms. The van der Waals surface area contributed by atoms with E-state index in [1.54, 1.807) is 6.92 Å². The van der Waals surface area contributed by atoms with Gasteiger partial charge in [0.05, 0.1) is 12.7 Å². The number of hydrogen-bond donors (Lipinski definition) is 1. The van der Waals surface area contributed by atoms with E-state index in [2.05, 4.69) is 0 Å². The number of ketones is 2. The summed E-state index contributed by atoms with van der Waals surface area (Å²) in [6, 6.07) is 9.55. The highest BCUT2D eigenvalue weighted by atomic mass is 16.5. The van der Waals surface area contributed by atoms with Gasteiger partial charge in [-0.05, 0) is 19.4 Å². The van der Waals surface area contributed by atoms with Crippen LogP contribution in [0.25, 0.3) is 0 Å².